The number of amides is 1. The second-order valence-corrected chi connectivity index (χ2v) is 7.83. The van der Waals surface area contributed by atoms with Gasteiger partial charge in [-0.2, -0.15) is 0 Å². The summed E-state index contributed by atoms with van der Waals surface area (Å²) in [6.45, 7) is 5.61. The van der Waals surface area contributed by atoms with Crippen LogP contribution in [0.2, 0.25) is 0 Å². The number of sulfonamides is 1. The quantitative estimate of drug-likeness (QED) is 0.674. The third-order valence-corrected chi connectivity index (χ3v) is 5.23. The molecule has 2 N–H and O–H groups in total. The fourth-order valence-corrected chi connectivity index (χ4v) is 3.54. The van der Waals surface area contributed by atoms with Gasteiger partial charge in [-0.15, -0.1) is 0 Å². The van der Waals surface area contributed by atoms with Crippen molar-refractivity contribution in [1.82, 2.24) is 4.72 Å². The normalized spacial score (nSPS) is 11.1. The van der Waals surface area contributed by atoms with Gasteiger partial charge >= 0.3 is 0 Å². The first-order valence-corrected chi connectivity index (χ1v) is 9.86. The Balaban J connectivity index is 2.00. The molecule has 0 fully saturated rings. The van der Waals surface area contributed by atoms with Gasteiger partial charge in [-0.1, -0.05) is 17.7 Å². The Morgan fingerprint density at radius 1 is 1.07 bits per heavy atom. The Bertz CT molecular complexity index is 926. The van der Waals surface area contributed by atoms with Crippen molar-refractivity contribution in [1.29, 1.82) is 0 Å². The summed E-state index contributed by atoms with van der Waals surface area (Å²) in [4.78, 5) is 11.2. The van der Waals surface area contributed by atoms with Gasteiger partial charge < -0.3 is 14.8 Å². The molecule has 0 bridgehead atoms. The average Bonchev–Trinajstić information content (AvgIpc) is 2.60. The smallest absolute Gasteiger partial charge is 0.240 e. The Morgan fingerprint density at radius 2 is 1.81 bits per heavy atom. The van der Waals surface area contributed by atoms with Crippen molar-refractivity contribution >= 4 is 21.6 Å². The number of rotatable bonds is 8. The van der Waals surface area contributed by atoms with Crippen LogP contribution in [0.4, 0.5) is 5.69 Å². The van der Waals surface area contributed by atoms with Gasteiger partial charge in [-0.3, -0.25) is 4.79 Å². The van der Waals surface area contributed by atoms with Crippen LogP contribution < -0.4 is 19.5 Å². The Labute approximate surface area is 159 Å². The number of carbonyl (C=O) groups is 1. The molecule has 0 heterocycles. The molecule has 1 amide bonds. The molecule has 7 nitrogen and oxygen atoms in total. The maximum absolute atomic E-state index is 12.4. The Hall–Kier alpha value is -2.58. The van der Waals surface area contributed by atoms with Crippen molar-refractivity contribution in [3.63, 3.8) is 0 Å². The van der Waals surface area contributed by atoms with Crippen molar-refractivity contribution in [2.75, 3.05) is 25.6 Å². The molecule has 27 heavy (non-hydrogen) atoms. The van der Waals surface area contributed by atoms with E-state index < -0.39 is 10.0 Å². The second-order valence-electron chi connectivity index (χ2n) is 6.06. The molecule has 2 rings (SSSR count). The topological polar surface area (TPSA) is 93.7 Å². The van der Waals surface area contributed by atoms with E-state index in [-0.39, 0.29) is 29.7 Å². The van der Waals surface area contributed by atoms with Crippen LogP contribution in [-0.2, 0) is 14.8 Å². The lowest BCUT2D eigenvalue weighted by Crippen LogP contribution is -2.28. The van der Waals surface area contributed by atoms with Crippen molar-refractivity contribution in [2.24, 2.45) is 0 Å². The summed E-state index contributed by atoms with van der Waals surface area (Å²) < 4.78 is 38.2. The van der Waals surface area contributed by atoms with Gasteiger partial charge in [-0.05, 0) is 37.6 Å². The summed E-state index contributed by atoms with van der Waals surface area (Å²) in [5.41, 5.74) is 2.54. The number of anilines is 1. The van der Waals surface area contributed by atoms with Gasteiger partial charge in [0, 0.05) is 19.5 Å². The number of hydrogen-bond donors (Lipinski definition) is 2. The molecule has 146 valence electrons. The molecular weight excluding hydrogens is 368 g/mol. The van der Waals surface area contributed by atoms with E-state index in [2.05, 4.69) is 10.0 Å². The fourth-order valence-electron chi connectivity index (χ4n) is 2.51. The molecule has 2 aromatic carbocycles. The molecule has 2 aromatic rings. The molecule has 0 aliphatic carbocycles. The Morgan fingerprint density at radius 3 is 2.44 bits per heavy atom. The fraction of sp³-hybridized carbons (Fsp3) is 0.316. The number of carbonyl (C=O) groups excluding carboxylic acids is 1. The highest BCUT2D eigenvalue weighted by atomic mass is 32.2. The number of ether oxygens (including phenoxy) is 2. The molecule has 8 heteroatoms. The van der Waals surface area contributed by atoms with Gasteiger partial charge in [0.15, 0.2) is 0 Å². The van der Waals surface area contributed by atoms with Gasteiger partial charge in [0.05, 0.1) is 17.7 Å². The summed E-state index contributed by atoms with van der Waals surface area (Å²) in [6, 6.07) is 10.1. The summed E-state index contributed by atoms with van der Waals surface area (Å²) in [5.74, 6) is 0.714. The summed E-state index contributed by atoms with van der Waals surface area (Å²) >= 11 is 0. The lowest BCUT2D eigenvalue weighted by Gasteiger charge is -2.13. The standard InChI is InChI=1S/C19H24N2O5S/c1-13-5-8-18(14(2)11-13)26-10-9-20-27(23,24)16-6-7-17(21-15(3)22)19(12-16)25-4/h5-8,11-12,20H,9-10H2,1-4H3,(H,21,22). The van der Waals surface area contributed by atoms with E-state index in [0.29, 0.717) is 5.69 Å². The number of hydrogen-bond acceptors (Lipinski definition) is 5. The van der Waals surface area contributed by atoms with E-state index in [0.717, 1.165) is 16.9 Å². The van der Waals surface area contributed by atoms with Gasteiger partial charge in [0.25, 0.3) is 0 Å². The summed E-state index contributed by atoms with van der Waals surface area (Å²) in [6.07, 6.45) is 0. The van der Waals surface area contributed by atoms with Crippen LogP contribution in [0.15, 0.2) is 41.3 Å². The molecule has 0 radical (unpaired) electrons. The molecule has 0 saturated carbocycles. The highest BCUT2D eigenvalue weighted by molar-refractivity contribution is 7.89. The summed E-state index contributed by atoms with van der Waals surface area (Å²) in [7, 11) is -2.33. The zero-order valence-electron chi connectivity index (χ0n) is 15.8. The largest absolute Gasteiger partial charge is 0.495 e. The van der Waals surface area contributed by atoms with Crippen LogP contribution in [0.3, 0.4) is 0 Å². The van der Waals surface area contributed by atoms with Gasteiger partial charge in [-0.25, -0.2) is 13.1 Å². The Kier molecular flexibility index (Phi) is 6.81. The van der Waals surface area contributed by atoms with E-state index in [1.54, 1.807) is 0 Å². The third-order valence-electron chi connectivity index (χ3n) is 3.78. The number of nitrogens with one attached hydrogen (secondary N) is 2. The first-order chi connectivity index (χ1) is 12.7. The zero-order valence-corrected chi connectivity index (χ0v) is 16.6. The van der Waals surface area contributed by atoms with Crippen LogP contribution in [0.5, 0.6) is 11.5 Å². The first-order valence-electron chi connectivity index (χ1n) is 8.38. The summed E-state index contributed by atoms with van der Waals surface area (Å²) in [5, 5.41) is 2.58. The average molecular weight is 392 g/mol. The lowest BCUT2D eigenvalue weighted by molar-refractivity contribution is -0.114. The van der Waals surface area contributed by atoms with Crippen molar-refractivity contribution in [3.05, 3.63) is 47.5 Å². The van der Waals surface area contributed by atoms with Crippen molar-refractivity contribution in [2.45, 2.75) is 25.7 Å². The molecule has 0 aliphatic rings. The van der Waals surface area contributed by atoms with E-state index >= 15 is 0 Å². The first kappa shape index (κ1) is 20.7. The SMILES string of the molecule is COc1cc(S(=O)(=O)NCCOc2ccc(C)cc2C)ccc1NC(C)=O. The minimum Gasteiger partial charge on any atom is -0.495 e. The second kappa shape index (κ2) is 8.88. The molecule has 0 atom stereocenters. The predicted molar refractivity (Wildman–Crippen MR) is 104 cm³/mol. The van der Waals surface area contributed by atoms with Gasteiger partial charge in [0.1, 0.15) is 18.1 Å². The maximum Gasteiger partial charge on any atom is 0.240 e. The van der Waals surface area contributed by atoms with Crippen LogP contribution in [0, 0.1) is 13.8 Å². The molecule has 0 aliphatic heterocycles. The zero-order chi connectivity index (χ0) is 20.0. The predicted octanol–water partition coefficient (Wildman–Crippen LogP) is 2.63. The molecule has 0 saturated heterocycles. The highest BCUT2D eigenvalue weighted by Crippen LogP contribution is 2.27. The molecule has 0 unspecified atom stereocenters. The van der Waals surface area contributed by atoms with Crippen molar-refractivity contribution in [3.8, 4) is 11.5 Å². The molecule has 0 spiro atoms. The number of benzene rings is 2. The van der Waals surface area contributed by atoms with E-state index in [1.165, 1.54) is 32.2 Å². The molecular formula is C19H24N2O5S. The van der Waals surface area contributed by atoms with E-state index in [4.69, 9.17) is 9.47 Å². The highest BCUT2D eigenvalue weighted by Gasteiger charge is 2.16. The van der Waals surface area contributed by atoms with Crippen LogP contribution in [0.25, 0.3) is 0 Å². The lowest BCUT2D eigenvalue weighted by atomic mass is 10.1. The van der Waals surface area contributed by atoms with Crippen LogP contribution in [0.1, 0.15) is 18.1 Å². The number of methoxy groups -OCH3 is 1. The van der Waals surface area contributed by atoms with Crippen LogP contribution >= 0.6 is 0 Å². The number of aryl methyl sites for hydroxylation is 2. The van der Waals surface area contributed by atoms with Crippen molar-refractivity contribution < 1.29 is 22.7 Å². The minimum absolute atomic E-state index is 0.0416. The monoisotopic (exact) mass is 392 g/mol. The maximum atomic E-state index is 12.4. The van der Waals surface area contributed by atoms with E-state index in [1.807, 2.05) is 32.0 Å². The molecule has 0 aromatic heterocycles. The van der Waals surface area contributed by atoms with E-state index in [9.17, 15) is 13.2 Å². The van der Waals surface area contributed by atoms with Gasteiger partial charge in [0.2, 0.25) is 15.9 Å². The van der Waals surface area contributed by atoms with Crippen LogP contribution in [-0.4, -0.2) is 34.6 Å². The third kappa shape index (κ3) is 5.70. The minimum atomic E-state index is -3.73.